The first kappa shape index (κ1) is 15.6. The molecule has 1 saturated heterocycles. The molecule has 0 radical (unpaired) electrons. The quantitative estimate of drug-likeness (QED) is 0.901. The minimum atomic E-state index is -0.336. The summed E-state index contributed by atoms with van der Waals surface area (Å²) in [6.45, 7) is 5.08. The van der Waals surface area contributed by atoms with Crippen molar-refractivity contribution in [2.45, 2.75) is 32.0 Å². The van der Waals surface area contributed by atoms with Gasteiger partial charge in [0.2, 0.25) is 5.91 Å². The minimum Gasteiger partial charge on any atom is -0.375 e. The van der Waals surface area contributed by atoms with Gasteiger partial charge in [-0.1, -0.05) is 29.3 Å². The molecule has 20 heavy (non-hydrogen) atoms. The zero-order chi connectivity index (χ0) is 14.7. The van der Waals surface area contributed by atoms with Crippen LogP contribution in [-0.4, -0.2) is 31.2 Å². The first-order valence-electron chi connectivity index (χ1n) is 6.59. The van der Waals surface area contributed by atoms with Gasteiger partial charge >= 0.3 is 0 Å². The van der Waals surface area contributed by atoms with Crippen molar-refractivity contribution in [2.24, 2.45) is 0 Å². The van der Waals surface area contributed by atoms with Gasteiger partial charge in [0.25, 0.3) is 0 Å². The van der Waals surface area contributed by atoms with E-state index in [9.17, 15) is 4.79 Å². The molecule has 0 saturated carbocycles. The molecular weight excluding hydrogens is 299 g/mol. The maximum atomic E-state index is 12.2. The Labute approximate surface area is 128 Å². The topological polar surface area (TPSA) is 50.4 Å². The van der Waals surface area contributed by atoms with Crippen LogP contribution in [0.5, 0.6) is 0 Å². The fourth-order valence-electron chi connectivity index (χ4n) is 2.26. The Hall–Kier alpha value is -0.810. The van der Waals surface area contributed by atoms with Gasteiger partial charge in [-0.05, 0) is 31.5 Å². The second-order valence-electron chi connectivity index (χ2n) is 4.90. The number of benzene rings is 1. The Morgan fingerprint density at radius 2 is 2.25 bits per heavy atom. The Bertz CT molecular complexity index is 496. The van der Waals surface area contributed by atoms with E-state index in [-0.39, 0.29) is 24.1 Å². The van der Waals surface area contributed by atoms with E-state index in [1.807, 2.05) is 19.9 Å². The maximum Gasteiger partial charge on any atom is 0.240 e. The Morgan fingerprint density at radius 3 is 2.90 bits per heavy atom. The third kappa shape index (κ3) is 3.64. The lowest BCUT2D eigenvalue weighted by Gasteiger charge is -2.30. The third-order valence-electron chi connectivity index (χ3n) is 3.39. The van der Waals surface area contributed by atoms with E-state index in [1.54, 1.807) is 12.1 Å². The van der Waals surface area contributed by atoms with E-state index in [1.165, 1.54) is 0 Å². The van der Waals surface area contributed by atoms with Gasteiger partial charge in [-0.15, -0.1) is 0 Å². The lowest BCUT2D eigenvalue weighted by atomic mass is 10.1. The van der Waals surface area contributed by atoms with E-state index < -0.39 is 0 Å². The molecule has 0 aliphatic carbocycles. The molecule has 4 nitrogen and oxygen atoms in total. The SMILES string of the molecule is CC(NC(=O)[C@H]1NCCO[C@@H]1C)c1ccc(Cl)cc1Cl. The predicted octanol–water partition coefficient (Wildman–Crippen LogP) is 2.55. The average Bonchev–Trinajstić information content (AvgIpc) is 2.38. The zero-order valence-electron chi connectivity index (χ0n) is 11.5. The van der Waals surface area contributed by atoms with Gasteiger partial charge in [-0.25, -0.2) is 0 Å². The van der Waals surface area contributed by atoms with Crippen LogP contribution >= 0.6 is 23.2 Å². The van der Waals surface area contributed by atoms with Crippen LogP contribution in [0.1, 0.15) is 25.5 Å². The van der Waals surface area contributed by atoms with E-state index in [2.05, 4.69) is 10.6 Å². The molecule has 1 aliphatic heterocycles. The largest absolute Gasteiger partial charge is 0.375 e. The summed E-state index contributed by atoms with van der Waals surface area (Å²) < 4.78 is 5.47. The molecule has 2 rings (SSSR count). The Kier molecular flexibility index (Phi) is 5.27. The van der Waals surface area contributed by atoms with Gasteiger partial charge in [0.1, 0.15) is 6.04 Å². The molecule has 1 aliphatic rings. The van der Waals surface area contributed by atoms with Crippen LogP contribution in [0, 0.1) is 0 Å². The van der Waals surface area contributed by atoms with E-state index in [0.717, 1.165) is 5.56 Å². The second-order valence-corrected chi connectivity index (χ2v) is 5.75. The smallest absolute Gasteiger partial charge is 0.240 e. The molecule has 110 valence electrons. The summed E-state index contributed by atoms with van der Waals surface area (Å²) in [5.74, 6) is -0.0873. The number of halogens is 2. The monoisotopic (exact) mass is 316 g/mol. The first-order chi connectivity index (χ1) is 9.49. The van der Waals surface area contributed by atoms with E-state index in [0.29, 0.717) is 23.2 Å². The molecule has 1 amide bonds. The predicted molar refractivity (Wildman–Crippen MR) is 80.2 cm³/mol. The Morgan fingerprint density at radius 1 is 1.50 bits per heavy atom. The van der Waals surface area contributed by atoms with Gasteiger partial charge in [0, 0.05) is 16.6 Å². The highest BCUT2D eigenvalue weighted by Gasteiger charge is 2.29. The number of rotatable bonds is 3. The van der Waals surface area contributed by atoms with Crippen molar-refractivity contribution in [1.82, 2.24) is 10.6 Å². The molecule has 1 unspecified atom stereocenters. The van der Waals surface area contributed by atoms with E-state index >= 15 is 0 Å². The number of hydrogen-bond donors (Lipinski definition) is 2. The van der Waals surface area contributed by atoms with Crippen LogP contribution in [-0.2, 0) is 9.53 Å². The van der Waals surface area contributed by atoms with Gasteiger partial charge < -0.3 is 15.4 Å². The van der Waals surface area contributed by atoms with Gasteiger partial charge in [0.05, 0.1) is 18.8 Å². The van der Waals surface area contributed by atoms with Crippen molar-refractivity contribution in [3.8, 4) is 0 Å². The van der Waals surface area contributed by atoms with Crippen LogP contribution in [0.25, 0.3) is 0 Å². The number of morpholine rings is 1. The molecule has 6 heteroatoms. The normalized spacial score (nSPS) is 24.2. The van der Waals surface area contributed by atoms with Crippen LogP contribution in [0.4, 0.5) is 0 Å². The lowest BCUT2D eigenvalue weighted by Crippen LogP contribution is -2.55. The van der Waals surface area contributed by atoms with Crippen LogP contribution in [0.15, 0.2) is 18.2 Å². The highest BCUT2D eigenvalue weighted by Crippen LogP contribution is 2.26. The average molecular weight is 317 g/mol. The summed E-state index contributed by atoms with van der Waals surface area (Å²) in [6, 6.07) is 4.73. The molecule has 1 aromatic carbocycles. The fourth-order valence-corrected chi connectivity index (χ4v) is 2.83. The number of carbonyl (C=O) groups is 1. The number of ether oxygens (including phenoxy) is 1. The zero-order valence-corrected chi connectivity index (χ0v) is 13.0. The van der Waals surface area contributed by atoms with Crippen molar-refractivity contribution in [3.05, 3.63) is 33.8 Å². The van der Waals surface area contributed by atoms with Crippen LogP contribution in [0.3, 0.4) is 0 Å². The summed E-state index contributed by atoms with van der Waals surface area (Å²) in [5, 5.41) is 7.23. The molecule has 3 atom stereocenters. The van der Waals surface area contributed by atoms with Gasteiger partial charge in [-0.2, -0.15) is 0 Å². The molecule has 0 spiro atoms. The van der Waals surface area contributed by atoms with Crippen molar-refractivity contribution in [3.63, 3.8) is 0 Å². The lowest BCUT2D eigenvalue weighted by molar-refractivity contribution is -0.129. The molecule has 1 aromatic rings. The number of carbonyl (C=O) groups excluding carboxylic acids is 1. The third-order valence-corrected chi connectivity index (χ3v) is 3.95. The molecular formula is C14H18Cl2N2O2. The minimum absolute atomic E-state index is 0.0873. The fraction of sp³-hybridized carbons (Fsp3) is 0.500. The van der Waals surface area contributed by atoms with Crippen molar-refractivity contribution in [1.29, 1.82) is 0 Å². The van der Waals surface area contributed by atoms with Crippen molar-refractivity contribution >= 4 is 29.1 Å². The van der Waals surface area contributed by atoms with Gasteiger partial charge in [0.15, 0.2) is 0 Å². The summed E-state index contributed by atoms with van der Waals surface area (Å²) >= 11 is 12.0. The van der Waals surface area contributed by atoms with Gasteiger partial charge in [-0.3, -0.25) is 4.79 Å². The highest BCUT2D eigenvalue weighted by molar-refractivity contribution is 6.35. The number of nitrogens with one attached hydrogen (secondary N) is 2. The highest BCUT2D eigenvalue weighted by atomic mass is 35.5. The standard InChI is InChI=1S/C14H18Cl2N2O2/c1-8(11-4-3-10(15)7-12(11)16)18-14(19)13-9(2)20-6-5-17-13/h3-4,7-9,13,17H,5-6H2,1-2H3,(H,18,19)/t8?,9-,13+/m1/s1. The molecule has 0 bridgehead atoms. The summed E-state index contributed by atoms with van der Waals surface area (Å²) in [5.41, 5.74) is 0.841. The molecule has 0 aromatic heterocycles. The molecule has 1 heterocycles. The van der Waals surface area contributed by atoms with Crippen molar-refractivity contribution in [2.75, 3.05) is 13.2 Å². The van der Waals surface area contributed by atoms with E-state index in [4.69, 9.17) is 27.9 Å². The number of amides is 1. The molecule has 1 fully saturated rings. The second kappa shape index (κ2) is 6.76. The van der Waals surface area contributed by atoms with Crippen LogP contribution in [0.2, 0.25) is 10.0 Å². The number of hydrogen-bond acceptors (Lipinski definition) is 3. The maximum absolute atomic E-state index is 12.2. The summed E-state index contributed by atoms with van der Waals surface area (Å²) in [6.07, 6.45) is -0.142. The van der Waals surface area contributed by atoms with Crippen molar-refractivity contribution < 1.29 is 9.53 Å². The first-order valence-corrected chi connectivity index (χ1v) is 7.35. The van der Waals surface area contributed by atoms with Crippen LogP contribution < -0.4 is 10.6 Å². The molecule has 2 N–H and O–H groups in total. The Balaban J connectivity index is 2.03. The summed E-state index contributed by atoms with van der Waals surface area (Å²) in [4.78, 5) is 12.2. The summed E-state index contributed by atoms with van der Waals surface area (Å²) in [7, 11) is 0.